The zero-order chi connectivity index (χ0) is 20.9. The van der Waals surface area contributed by atoms with Crippen LogP contribution in [-0.2, 0) is 26.1 Å². The van der Waals surface area contributed by atoms with E-state index in [1.54, 1.807) is 12.1 Å². The summed E-state index contributed by atoms with van der Waals surface area (Å²) in [5.74, 6) is -0.146. The molecule has 1 heterocycles. The van der Waals surface area contributed by atoms with Gasteiger partial charge >= 0.3 is 0 Å². The van der Waals surface area contributed by atoms with Crippen molar-refractivity contribution in [2.75, 3.05) is 38.7 Å². The second-order valence-corrected chi connectivity index (χ2v) is 9.04. The smallest absolute Gasteiger partial charge is 0.243 e. The molecular weight excluding hydrogens is 390 g/mol. The zero-order valence-corrected chi connectivity index (χ0v) is 17.6. The third-order valence-electron chi connectivity index (χ3n) is 5.05. The van der Waals surface area contributed by atoms with Gasteiger partial charge in [-0.25, -0.2) is 8.42 Å². The van der Waals surface area contributed by atoms with Crippen molar-refractivity contribution in [1.82, 2.24) is 9.21 Å². The molecule has 0 spiro atoms. The van der Waals surface area contributed by atoms with Crippen molar-refractivity contribution in [2.45, 2.75) is 24.4 Å². The van der Waals surface area contributed by atoms with Crippen molar-refractivity contribution in [3.05, 3.63) is 60.2 Å². The Morgan fingerprint density at radius 1 is 1.10 bits per heavy atom. The second kappa shape index (κ2) is 9.49. The fourth-order valence-corrected chi connectivity index (χ4v) is 4.51. The van der Waals surface area contributed by atoms with Crippen LogP contribution in [0.2, 0.25) is 0 Å². The largest absolute Gasteiger partial charge is 0.379 e. The maximum atomic E-state index is 12.7. The van der Waals surface area contributed by atoms with E-state index >= 15 is 0 Å². The number of morpholine rings is 1. The average Bonchev–Trinajstić information content (AvgIpc) is 2.75. The fraction of sp³-hybridized carbons (Fsp3) is 0.381. The lowest BCUT2D eigenvalue weighted by Gasteiger charge is -2.26. The first-order valence-corrected chi connectivity index (χ1v) is 11.0. The van der Waals surface area contributed by atoms with Crippen LogP contribution < -0.4 is 5.32 Å². The molecule has 3 rings (SSSR count). The van der Waals surface area contributed by atoms with Crippen LogP contribution in [0, 0.1) is 0 Å². The molecule has 1 saturated heterocycles. The van der Waals surface area contributed by atoms with E-state index in [0.717, 1.165) is 5.56 Å². The minimum Gasteiger partial charge on any atom is -0.379 e. The van der Waals surface area contributed by atoms with Crippen molar-refractivity contribution in [3.63, 3.8) is 0 Å². The molecule has 1 aliphatic heterocycles. The standard InChI is InChI=1S/C21H27N3O4S/c1-17(23(2)16-18-6-4-3-5-7-18)21(25)22-19-8-10-20(11-9-19)29(26,27)24-12-14-28-15-13-24/h3-11,17H,12-16H2,1-2H3,(H,22,25)/t17-/m0/s1. The molecule has 0 radical (unpaired) electrons. The van der Waals surface area contributed by atoms with Crippen molar-refractivity contribution >= 4 is 21.6 Å². The van der Waals surface area contributed by atoms with E-state index in [-0.39, 0.29) is 16.8 Å². The number of carbonyl (C=O) groups is 1. The second-order valence-electron chi connectivity index (χ2n) is 7.11. The number of likely N-dealkylation sites (N-methyl/N-ethyl adjacent to an activating group) is 1. The highest BCUT2D eigenvalue weighted by molar-refractivity contribution is 7.89. The summed E-state index contributed by atoms with van der Waals surface area (Å²) < 4.78 is 32.0. The van der Waals surface area contributed by atoms with Crippen LogP contribution in [0.5, 0.6) is 0 Å². The summed E-state index contributed by atoms with van der Waals surface area (Å²) in [7, 11) is -1.64. The highest BCUT2D eigenvalue weighted by Gasteiger charge is 2.26. The monoisotopic (exact) mass is 417 g/mol. The molecule has 156 valence electrons. The van der Waals surface area contributed by atoms with Crippen LogP contribution in [0.1, 0.15) is 12.5 Å². The Hall–Kier alpha value is -2.26. The summed E-state index contributed by atoms with van der Waals surface area (Å²) in [6.45, 7) is 4.02. The zero-order valence-electron chi connectivity index (χ0n) is 16.7. The topological polar surface area (TPSA) is 79.0 Å². The molecule has 1 fully saturated rings. The van der Waals surface area contributed by atoms with E-state index < -0.39 is 10.0 Å². The minimum atomic E-state index is -3.54. The van der Waals surface area contributed by atoms with E-state index in [4.69, 9.17) is 4.74 Å². The molecule has 0 aromatic heterocycles. The molecule has 8 heteroatoms. The molecule has 2 aromatic carbocycles. The van der Waals surface area contributed by atoms with Crippen LogP contribution in [0.3, 0.4) is 0 Å². The Morgan fingerprint density at radius 3 is 2.34 bits per heavy atom. The highest BCUT2D eigenvalue weighted by Crippen LogP contribution is 2.20. The first-order valence-electron chi connectivity index (χ1n) is 9.61. The number of amides is 1. The number of hydrogen-bond acceptors (Lipinski definition) is 5. The quantitative estimate of drug-likeness (QED) is 0.747. The van der Waals surface area contributed by atoms with Gasteiger partial charge in [0.1, 0.15) is 0 Å². The first-order chi connectivity index (χ1) is 13.9. The summed E-state index contributed by atoms with van der Waals surface area (Å²) in [6.07, 6.45) is 0. The predicted molar refractivity (Wildman–Crippen MR) is 112 cm³/mol. The molecule has 2 aromatic rings. The maximum absolute atomic E-state index is 12.7. The summed E-state index contributed by atoms with van der Waals surface area (Å²) >= 11 is 0. The van der Waals surface area contributed by atoms with Gasteiger partial charge in [0.25, 0.3) is 0 Å². The van der Waals surface area contributed by atoms with E-state index in [1.165, 1.54) is 16.4 Å². The number of hydrogen-bond donors (Lipinski definition) is 1. The Balaban J connectivity index is 1.60. The number of sulfonamides is 1. The van der Waals surface area contributed by atoms with Crippen molar-refractivity contribution in [3.8, 4) is 0 Å². The van der Waals surface area contributed by atoms with Crippen molar-refractivity contribution in [2.24, 2.45) is 0 Å². The van der Waals surface area contributed by atoms with E-state index in [1.807, 2.05) is 49.2 Å². The summed E-state index contributed by atoms with van der Waals surface area (Å²) in [5.41, 5.74) is 1.70. The molecule has 0 bridgehead atoms. The molecule has 0 unspecified atom stereocenters. The molecule has 7 nitrogen and oxygen atoms in total. The van der Waals surface area contributed by atoms with Gasteiger partial charge in [-0.15, -0.1) is 0 Å². The van der Waals surface area contributed by atoms with Gasteiger partial charge in [0.2, 0.25) is 15.9 Å². The fourth-order valence-electron chi connectivity index (χ4n) is 3.10. The van der Waals surface area contributed by atoms with Crippen LogP contribution in [0.25, 0.3) is 0 Å². The predicted octanol–water partition coefficient (Wildman–Crippen LogP) is 2.17. The third-order valence-corrected chi connectivity index (χ3v) is 6.96. The minimum absolute atomic E-state index is 0.146. The van der Waals surface area contributed by atoms with Crippen LogP contribution in [0.4, 0.5) is 5.69 Å². The lowest BCUT2D eigenvalue weighted by molar-refractivity contribution is -0.120. The molecule has 1 aliphatic rings. The van der Waals surface area contributed by atoms with Crippen molar-refractivity contribution < 1.29 is 17.9 Å². The maximum Gasteiger partial charge on any atom is 0.243 e. The van der Waals surface area contributed by atoms with Gasteiger partial charge in [0.15, 0.2) is 0 Å². The molecule has 1 amide bonds. The Labute approximate surface area is 172 Å². The van der Waals surface area contributed by atoms with Crippen LogP contribution >= 0.6 is 0 Å². The number of rotatable bonds is 7. The molecular formula is C21H27N3O4S. The number of benzene rings is 2. The molecule has 1 atom stereocenters. The van der Waals surface area contributed by atoms with E-state index in [9.17, 15) is 13.2 Å². The lowest BCUT2D eigenvalue weighted by Crippen LogP contribution is -2.40. The Kier molecular flexibility index (Phi) is 7.02. The molecule has 0 aliphatic carbocycles. The van der Waals surface area contributed by atoms with Gasteiger partial charge in [-0.2, -0.15) is 4.31 Å². The van der Waals surface area contributed by atoms with Crippen molar-refractivity contribution in [1.29, 1.82) is 0 Å². The Bertz CT molecular complexity index is 911. The van der Waals surface area contributed by atoms with E-state index in [0.29, 0.717) is 38.5 Å². The highest BCUT2D eigenvalue weighted by atomic mass is 32.2. The van der Waals surface area contributed by atoms with Gasteiger partial charge in [0.05, 0.1) is 24.2 Å². The summed E-state index contributed by atoms with van der Waals surface area (Å²) in [4.78, 5) is 14.8. The Morgan fingerprint density at radius 2 is 1.72 bits per heavy atom. The van der Waals surface area contributed by atoms with Gasteiger partial charge < -0.3 is 10.1 Å². The third kappa shape index (κ3) is 5.42. The van der Waals surface area contributed by atoms with Crippen LogP contribution in [-0.4, -0.2) is 62.9 Å². The number of nitrogens with one attached hydrogen (secondary N) is 1. The number of anilines is 1. The lowest BCUT2D eigenvalue weighted by atomic mass is 10.2. The molecule has 1 N–H and O–H groups in total. The van der Waals surface area contributed by atoms with Gasteiger partial charge in [0, 0.05) is 25.3 Å². The molecule has 29 heavy (non-hydrogen) atoms. The molecule has 0 saturated carbocycles. The SMILES string of the molecule is C[C@@H](C(=O)Nc1ccc(S(=O)(=O)N2CCOCC2)cc1)N(C)Cc1ccccc1. The summed E-state index contributed by atoms with van der Waals surface area (Å²) in [6, 6.07) is 15.9. The van der Waals surface area contributed by atoms with Gasteiger partial charge in [-0.1, -0.05) is 30.3 Å². The van der Waals surface area contributed by atoms with Gasteiger partial charge in [-0.05, 0) is 43.8 Å². The number of carbonyl (C=O) groups excluding carboxylic acids is 1. The van der Waals surface area contributed by atoms with E-state index in [2.05, 4.69) is 5.32 Å². The van der Waals surface area contributed by atoms with Crippen LogP contribution in [0.15, 0.2) is 59.5 Å². The first kappa shape index (κ1) is 21.4. The number of ether oxygens (including phenoxy) is 1. The summed E-state index contributed by atoms with van der Waals surface area (Å²) in [5, 5.41) is 2.86. The average molecular weight is 418 g/mol. The van der Waals surface area contributed by atoms with Gasteiger partial charge in [-0.3, -0.25) is 9.69 Å². The number of nitrogens with zero attached hydrogens (tertiary/aromatic N) is 2. The normalized spacial score (nSPS) is 16.5.